The van der Waals surface area contributed by atoms with Crippen LogP contribution in [0.25, 0.3) is 31.4 Å². The van der Waals surface area contributed by atoms with Gasteiger partial charge in [-0.1, -0.05) is 83.9 Å². The number of nitrogens with zero attached hydrogens (tertiary/aromatic N) is 5. The molecule has 6 atom stereocenters. The summed E-state index contributed by atoms with van der Waals surface area (Å²) >= 11 is 7.96. The van der Waals surface area contributed by atoms with E-state index in [1.807, 2.05) is 86.6 Å². The molecule has 3 aliphatic heterocycles. The number of allylic oxidation sites excluding steroid dienone is 2. The molecule has 0 unspecified atom stereocenters. The van der Waals surface area contributed by atoms with Gasteiger partial charge in [0.2, 0.25) is 23.6 Å². The van der Waals surface area contributed by atoms with E-state index >= 15 is 9.59 Å². The van der Waals surface area contributed by atoms with E-state index in [2.05, 4.69) is 23.1 Å². The molecule has 3 saturated heterocycles. The lowest BCUT2D eigenvalue weighted by Crippen LogP contribution is -2.49. The SMILES string of the molecule is Cc1c(-c2cc(N3C(=O)[C@@H]4C[C@@H]5C(=CC[C@@H]6C(=O)N(C7CCN(Cc8ccccc8)CC7)C(=O)[C@@H]65)[C@H](c5ccc(O)c6ccccc56)[C@]4(C)C3=O)n(C)n2)sc2ccc(Cl)cc12. The van der Waals surface area contributed by atoms with Crippen molar-refractivity contribution in [2.24, 2.45) is 36.1 Å². The zero-order valence-electron chi connectivity index (χ0n) is 34.8. The largest absolute Gasteiger partial charge is 0.507 e. The van der Waals surface area contributed by atoms with Crippen LogP contribution in [0.15, 0.2) is 103 Å². The number of fused-ring (bicyclic) bond motifs is 6. The smallest absolute Gasteiger partial charge is 0.242 e. The van der Waals surface area contributed by atoms with Gasteiger partial charge in [-0.2, -0.15) is 5.10 Å². The Morgan fingerprint density at radius 1 is 0.855 bits per heavy atom. The number of halogens is 1. The van der Waals surface area contributed by atoms with Gasteiger partial charge in [-0.25, -0.2) is 4.90 Å². The van der Waals surface area contributed by atoms with E-state index in [0.717, 1.165) is 56.7 Å². The van der Waals surface area contributed by atoms with Gasteiger partial charge in [0.1, 0.15) is 17.3 Å². The van der Waals surface area contributed by atoms with Crippen molar-refractivity contribution in [3.63, 3.8) is 0 Å². The van der Waals surface area contributed by atoms with Crippen LogP contribution in [-0.4, -0.2) is 67.4 Å². The molecular formula is C50H46ClN5O5S. The van der Waals surface area contributed by atoms with Gasteiger partial charge in [-0.3, -0.25) is 33.7 Å². The van der Waals surface area contributed by atoms with Crippen molar-refractivity contribution in [3.05, 3.63) is 124 Å². The van der Waals surface area contributed by atoms with Gasteiger partial charge < -0.3 is 5.11 Å². The van der Waals surface area contributed by atoms with E-state index in [9.17, 15) is 14.7 Å². The van der Waals surface area contributed by atoms with Crippen molar-refractivity contribution < 1.29 is 24.3 Å². The summed E-state index contributed by atoms with van der Waals surface area (Å²) in [6, 6.07) is 28.9. The molecule has 0 radical (unpaired) electrons. The summed E-state index contributed by atoms with van der Waals surface area (Å²) in [5.41, 5.74) is 3.40. The minimum absolute atomic E-state index is 0.117. The number of carbonyl (C=O) groups excluding carboxylic acids is 4. The monoisotopic (exact) mass is 863 g/mol. The number of rotatable bonds is 6. The molecule has 12 heteroatoms. The molecule has 11 rings (SSSR count). The molecule has 5 heterocycles. The summed E-state index contributed by atoms with van der Waals surface area (Å²) in [6.07, 6.45) is 4.17. The van der Waals surface area contributed by atoms with Crippen molar-refractivity contribution in [2.45, 2.75) is 58.0 Å². The lowest BCUT2D eigenvalue weighted by molar-refractivity contribution is -0.144. The molecule has 0 spiro atoms. The number of amides is 4. The van der Waals surface area contributed by atoms with E-state index in [4.69, 9.17) is 16.7 Å². The van der Waals surface area contributed by atoms with Gasteiger partial charge in [0.15, 0.2) is 0 Å². The molecule has 10 nitrogen and oxygen atoms in total. The van der Waals surface area contributed by atoms with Crippen LogP contribution in [0.2, 0.25) is 5.02 Å². The summed E-state index contributed by atoms with van der Waals surface area (Å²) in [4.78, 5) is 66.3. The number of imide groups is 2. The molecule has 4 aromatic carbocycles. The summed E-state index contributed by atoms with van der Waals surface area (Å²) in [5, 5.41) is 19.0. The molecule has 2 aliphatic carbocycles. The Bertz CT molecular complexity index is 2910. The zero-order chi connectivity index (χ0) is 42.8. The third-order valence-electron chi connectivity index (χ3n) is 14.9. The standard InChI is InChI=1S/C50H46ClN5O5S/c1-27-36-23-29(51)13-18-41(36)62-45(27)39-25-42(53(3)52-39)56-47(59)38-24-37-34(44(50(38,2)49(56)61)33-16-17-40(57)32-12-8-7-11-31(32)33)14-15-35-43(37)48(60)55(46(35)58)30-19-21-54(22-20-30)26-28-9-5-4-6-10-28/h4-14,16-18,23,25,30,35,37-38,43-44,57H,15,19-22,24,26H2,1-3H3/t35-,37+,38-,43-,44-,50+/m0/s1. The first-order chi connectivity index (χ1) is 29.9. The van der Waals surface area contributed by atoms with Gasteiger partial charge in [-0.05, 0) is 97.2 Å². The Labute approximate surface area is 368 Å². The second kappa shape index (κ2) is 14.5. The van der Waals surface area contributed by atoms with Crippen LogP contribution in [0.1, 0.15) is 55.2 Å². The minimum Gasteiger partial charge on any atom is -0.507 e. The predicted molar refractivity (Wildman–Crippen MR) is 241 cm³/mol. The van der Waals surface area contributed by atoms with E-state index < -0.39 is 35.0 Å². The number of hydrogen-bond acceptors (Lipinski definition) is 8. The number of anilines is 1. The van der Waals surface area contributed by atoms with E-state index in [1.165, 1.54) is 10.5 Å². The Hall–Kier alpha value is -5.62. The molecule has 2 aromatic heterocycles. The quantitative estimate of drug-likeness (QED) is 0.131. The molecule has 62 heavy (non-hydrogen) atoms. The Balaban J connectivity index is 0.970. The number of likely N-dealkylation sites (tertiary alicyclic amines) is 2. The number of piperidine rings is 1. The third-order valence-corrected chi connectivity index (χ3v) is 16.5. The first-order valence-corrected chi connectivity index (χ1v) is 22.8. The molecule has 6 aromatic rings. The van der Waals surface area contributed by atoms with Crippen LogP contribution in [-0.2, 0) is 32.8 Å². The highest BCUT2D eigenvalue weighted by Gasteiger charge is 2.68. The van der Waals surface area contributed by atoms with Gasteiger partial charge >= 0.3 is 0 Å². The Morgan fingerprint density at radius 2 is 1.60 bits per heavy atom. The number of thiophene rings is 1. The highest BCUT2D eigenvalue weighted by molar-refractivity contribution is 7.22. The fourth-order valence-electron chi connectivity index (χ4n) is 11.9. The van der Waals surface area contributed by atoms with Crippen LogP contribution in [0.3, 0.4) is 0 Å². The molecule has 5 aliphatic rings. The van der Waals surface area contributed by atoms with Crippen molar-refractivity contribution >= 4 is 73.2 Å². The van der Waals surface area contributed by atoms with Crippen LogP contribution in [0.5, 0.6) is 5.75 Å². The van der Waals surface area contributed by atoms with Crippen molar-refractivity contribution in [2.75, 3.05) is 18.0 Å². The second-order valence-corrected chi connectivity index (χ2v) is 19.6. The normalized spacial score (nSPS) is 26.7. The first-order valence-electron chi connectivity index (χ1n) is 21.6. The third kappa shape index (κ3) is 5.73. The lowest BCUT2D eigenvalue weighted by atomic mass is 9.51. The number of aromatic nitrogens is 2. The maximum absolute atomic E-state index is 15.5. The minimum atomic E-state index is -1.25. The number of aromatic hydroxyl groups is 1. The number of hydrogen-bond donors (Lipinski definition) is 1. The van der Waals surface area contributed by atoms with E-state index in [1.54, 1.807) is 34.0 Å². The maximum atomic E-state index is 15.5. The highest BCUT2D eigenvalue weighted by Crippen LogP contribution is 2.64. The summed E-state index contributed by atoms with van der Waals surface area (Å²) in [6.45, 7) is 6.33. The molecule has 314 valence electrons. The van der Waals surface area contributed by atoms with E-state index in [0.29, 0.717) is 41.2 Å². The summed E-state index contributed by atoms with van der Waals surface area (Å²) < 4.78 is 2.67. The molecule has 0 bridgehead atoms. The number of phenolic OH excluding ortho intramolecular Hbond substituents is 1. The fourth-order valence-corrected chi connectivity index (χ4v) is 13.2. The molecular weight excluding hydrogens is 818 g/mol. The molecule has 4 amide bonds. The maximum Gasteiger partial charge on any atom is 0.242 e. The van der Waals surface area contributed by atoms with Crippen LogP contribution < -0.4 is 4.90 Å². The Morgan fingerprint density at radius 3 is 2.37 bits per heavy atom. The van der Waals surface area contributed by atoms with Crippen LogP contribution in [0.4, 0.5) is 5.82 Å². The number of benzene rings is 4. The summed E-state index contributed by atoms with van der Waals surface area (Å²) in [7, 11) is 1.75. The van der Waals surface area contributed by atoms with Crippen LogP contribution >= 0.6 is 22.9 Å². The summed E-state index contributed by atoms with van der Waals surface area (Å²) in [5.74, 6) is -3.44. The zero-order valence-corrected chi connectivity index (χ0v) is 36.3. The number of carbonyl (C=O) groups is 4. The molecule has 1 N–H and O–H groups in total. The molecule has 1 saturated carbocycles. The predicted octanol–water partition coefficient (Wildman–Crippen LogP) is 9.02. The number of aryl methyl sites for hydroxylation is 2. The number of phenols is 1. The highest BCUT2D eigenvalue weighted by atomic mass is 35.5. The van der Waals surface area contributed by atoms with E-state index in [-0.39, 0.29) is 41.8 Å². The lowest BCUT2D eigenvalue weighted by Gasteiger charge is -2.49. The average Bonchev–Trinajstić information content (AvgIpc) is 3.95. The van der Waals surface area contributed by atoms with Crippen molar-refractivity contribution in [1.82, 2.24) is 19.6 Å². The second-order valence-electron chi connectivity index (χ2n) is 18.1. The van der Waals surface area contributed by atoms with Crippen molar-refractivity contribution in [3.8, 4) is 16.3 Å². The van der Waals surface area contributed by atoms with Gasteiger partial charge in [0.05, 0.1) is 28.0 Å². The van der Waals surface area contributed by atoms with Gasteiger partial charge in [0.25, 0.3) is 0 Å². The fraction of sp³-hybridized carbons (Fsp3) is 0.340. The Kier molecular flexibility index (Phi) is 9.16. The first kappa shape index (κ1) is 39.2. The van der Waals surface area contributed by atoms with Crippen LogP contribution in [0, 0.1) is 36.0 Å². The van der Waals surface area contributed by atoms with Gasteiger partial charge in [0, 0.05) is 59.8 Å². The van der Waals surface area contributed by atoms with Crippen molar-refractivity contribution in [1.29, 1.82) is 0 Å². The average molecular weight is 864 g/mol. The van der Waals surface area contributed by atoms with Gasteiger partial charge in [-0.15, -0.1) is 11.3 Å². The topological polar surface area (TPSA) is 116 Å². The molecule has 4 fully saturated rings.